The Morgan fingerprint density at radius 1 is 1.00 bits per heavy atom. The molecule has 5 nitrogen and oxygen atoms in total. The number of benzene rings is 2. The van der Waals surface area contributed by atoms with Crippen LogP contribution in [-0.4, -0.2) is 36.5 Å². The Morgan fingerprint density at radius 2 is 1.69 bits per heavy atom. The second-order valence-electron chi connectivity index (χ2n) is 7.31. The zero-order chi connectivity index (χ0) is 18.0. The number of nitrogens with zero attached hydrogens (tertiary/aromatic N) is 2. The van der Waals surface area contributed by atoms with Gasteiger partial charge in [-0.25, -0.2) is 4.79 Å². The predicted molar refractivity (Wildman–Crippen MR) is 101 cm³/mol. The fourth-order valence-electron chi connectivity index (χ4n) is 4.01. The van der Waals surface area contributed by atoms with Crippen LogP contribution in [0.4, 0.5) is 10.5 Å². The number of anilines is 1. The van der Waals surface area contributed by atoms with Gasteiger partial charge < -0.3 is 15.1 Å². The van der Waals surface area contributed by atoms with E-state index < -0.39 is 0 Å². The topological polar surface area (TPSA) is 52.7 Å². The zero-order valence-electron chi connectivity index (χ0n) is 14.7. The highest BCUT2D eigenvalue weighted by Crippen LogP contribution is 2.41. The van der Waals surface area contributed by atoms with E-state index in [1.165, 1.54) is 0 Å². The van der Waals surface area contributed by atoms with Crippen molar-refractivity contribution in [3.63, 3.8) is 0 Å². The molecule has 0 saturated carbocycles. The highest BCUT2D eigenvalue weighted by molar-refractivity contribution is 5.96. The molecule has 2 aromatic rings. The predicted octanol–water partition coefficient (Wildman–Crippen LogP) is 3.03. The van der Waals surface area contributed by atoms with Gasteiger partial charge >= 0.3 is 6.03 Å². The summed E-state index contributed by atoms with van der Waals surface area (Å²) < 4.78 is 0. The van der Waals surface area contributed by atoms with Gasteiger partial charge in [0, 0.05) is 43.7 Å². The largest absolute Gasteiger partial charge is 0.334 e. The first-order valence-corrected chi connectivity index (χ1v) is 9.07. The minimum absolute atomic E-state index is 0.0451. The second-order valence-corrected chi connectivity index (χ2v) is 7.31. The van der Waals surface area contributed by atoms with Crippen molar-refractivity contribution in [3.8, 4) is 0 Å². The van der Waals surface area contributed by atoms with Gasteiger partial charge in [-0.3, -0.25) is 4.79 Å². The molecule has 1 unspecified atom stereocenters. The van der Waals surface area contributed by atoms with Crippen LogP contribution in [0, 0.1) is 5.41 Å². The van der Waals surface area contributed by atoms with Crippen molar-refractivity contribution in [2.24, 2.45) is 5.41 Å². The van der Waals surface area contributed by atoms with Crippen molar-refractivity contribution in [2.75, 3.05) is 24.5 Å². The van der Waals surface area contributed by atoms with Crippen LogP contribution in [0.1, 0.15) is 18.4 Å². The van der Waals surface area contributed by atoms with Crippen molar-refractivity contribution in [2.45, 2.75) is 19.4 Å². The monoisotopic (exact) mass is 349 g/mol. The summed E-state index contributed by atoms with van der Waals surface area (Å²) in [5.74, 6) is 0.155. The molecule has 5 heteroatoms. The van der Waals surface area contributed by atoms with Gasteiger partial charge in [-0.2, -0.15) is 0 Å². The molecule has 0 aromatic heterocycles. The Hall–Kier alpha value is -2.82. The van der Waals surface area contributed by atoms with Crippen molar-refractivity contribution < 1.29 is 9.59 Å². The maximum Gasteiger partial charge on any atom is 0.317 e. The van der Waals surface area contributed by atoms with E-state index in [1.807, 2.05) is 70.5 Å². The van der Waals surface area contributed by atoms with E-state index in [1.54, 1.807) is 0 Å². The van der Waals surface area contributed by atoms with Gasteiger partial charge in [0.25, 0.3) is 0 Å². The summed E-state index contributed by atoms with van der Waals surface area (Å²) in [6.07, 6.45) is 1.39. The van der Waals surface area contributed by atoms with Crippen molar-refractivity contribution in [1.29, 1.82) is 0 Å². The molecule has 3 amide bonds. The summed E-state index contributed by atoms with van der Waals surface area (Å²) in [5.41, 5.74) is 1.92. The number of likely N-dealkylation sites (tertiary alicyclic amines) is 1. The van der Waals surface area contributed by atoms with E-state index in [-0.39, 0.29) is 17.4 Å². The molecule has 0 bridgehead atoms. The van der Waals surface area contributed by atoms with Gasteiger partial charge in [-0.15, -0.1) is 0 Å². The Labute approximate surface area is 153 Å². The number of hydrogen-bond acceptors (Lipinski definition) is 2. The number of nitrogens with one attached hydrogen (secondary N) is 1. The highest BCUT2D eigenvalue weighted by atomic mass is 16.2. The lowest BCUT2D eigenvalue weighted by molar-refractivity contribution is -0.117. The molecule has 2 saturated heterocycles. The summed E-state index contributed by atoms with van der Waals surface area (Å²) in [6.45, 7) is 2.57. The van der Waals surface area contributed by atoms with E-state index in [9.17, 15) is 9.59 Å². The highest BCUT2D eigenvalue weighted by Gasteiger charge is 2.48. The van der Waals surface area contributed by atoms with Crippen LogP contribution in [0.25, 0.3) is 0 Å². The number of para-hydroxylation sites is 1. The number of amides is 3. The van der Waals surface area contributed by atoms with Crippen LogP contribution in [-0.2, 0) is 11.3 Å². The molecule has 0 radical (unpaired) electrons. The molecule has 2 aliphatic heterocycles. The molecular weight excluding hydrogens is 326 g/mol. The molecule has 26 heavy (non-hydrogen) atoms. The summed E-state index contributed by atoms with van der Waals surface area (Å²) in [6, 6.07) is 19.6. The summed E-state index contributed by atoms with van der Waals surface area (Å²) >= 11 is 0. The summed E-state index contributed by atoms with van der Waals surface area (Å²) in [7, 11) is 0. The molecule has 1 N–H and O–H groups in total. The Morgan fingerprint density at radius 3 is 2.42 bits per heavy atom. The lowest BCUT2D eigenvalue weighted by Crippen LogP contribution is -2.40. The molecule has 2 aliphatic rings. The molecule has 0 aliphatic carbocycles. The van der Waals surface area contributed by atoms with E-state index in [0.717, 1.165) is 17.7 Å². The number of hydrogen-bond donors (Lipinski definition) is 1. The summed E-state index contributed by atoms with van der Waals surface area (Å²) in [5, 5.41) is 2.99. The minimum Gasteiger partial charge on any atom is -0.334 e. The van der Waals surface area contributed by atoms with E-state index in [2.05, 4.69) is 5.32 Å². The molecule has 1 atom stereocenters. The maximum atomic E-state index is 12.5. The van der Waals surface area contributed by atoms with E-state index >= 15 is 0 Å². The van der Waals surface area contributed by atoms with E-state index in [0.29, 0.717) is 32.6 Å². The Kier molecular flexibility index (Phi) is 4.37. The fourth-order valence-corrected chi connectivity index (χ4v) is 4.01. The van der Waals surface area contributed by atoms with Gasteiger partial charge in [0.2, 0.25) is 5.91 Å². The lowest BCUT2D eigenvalue weighted by Gasteiger charge is -2.24. The summed E-state index contributed by atoms with van der Waals surface area (Å²) in [4.78, 5) is 28.8. The van der Waals surface area contributed by atoms with Crippen LogP contribution >= 0.6 is 0 Å². The molecule has 2 aromatic carbocycles. The SMILES string of the molecule is O=C(NCc1ccccc1)N1CCC2(CC(=O)N(c3ccccc3)C2)C1. The number of urea groups is 1. The van der Waals surface area contributed by atoms with Gasteiger partial charge in [-0.1, -0.05) is 48.5 Å². The average Bonchev–Trinajstić information content (AvgIpc) is 3.24. The third-order valence-corrected chi connectivity index (χ3v) is 5.40. The van der Waals surface area contributed by atoms with Crippen LogP contribution < -0.4 is 10.2 Å². The van der Waals surface area contributed by atoms with Crippen molar-refractivity contribution in [3.05, 3.63) is 66.2 Å². The third-order valence-electron chi connectivity index (χ3n) is 5.40. The first-order valence-electron chi connectivity index (χ1n) is 9.07. The average molecular weight is 349 g/mol. The van der Waals surface area contributed by atoms with Crippen molar-refractivity contribution >= 4 is 17.6 Å². The molecule has 4 rings (SSSR count). The van der Waals surface area contributed by atoms with Gasteiger partial charge in [0.05, 0.1) is 0 Å². The number of carbonyl (C=O) groups is 2. The van der Waals surface area contributed by atoms with Crippen LogP contribution in [0.5, 0.6) is 0 Å². The Bertz CT molecular complexity index is 793. The quantitative estimate of drug-likeness (QED) is 0.926. The van der Waals surface area contributed by atoms with Gasteiger partial charge in [0.15, 0.2) is 0 Å². The molecular formula is C21H23N3O2. The smallest absolute Gasteiger partial charge is 0.317 e. The number of rotatable bonds is 3. The molecule has 1 spiro atoms. The standard InChI is InChI=1S/C21H23N3O2/c25-19-13-21(16-24(19)18-9-5-2-6-10-18)11-12-23(15-21)20(26)22-14-17-7-3-1-4-8-17/h1-10H,11-16H2,(H,22,26). The molecule has 2 heterocycles. The zero-order valence-corrected chi connectivity index (χ0v) is 14.7. The lowest BCUT2D eigenvalue weighted by atomic mass is 9.86. The molecule has 134 valence electrons. The minimum atomic E-state index is -0.114. The van der Waals surface area contributed by atoms with Gasteiger partial charge in [-0.05, 0) is 24.1 Å². The Balaban J connectivity index is 1.37. The van der Waals surface area contributed by atoms with Gasteiger partial charge in [0.1, 0.15) is 0 Å². The van der Waals surface area contributed by atoms with Crippen LogP contribution in [0.15, 0.2) is 60.7 Å². The first-order chi connectivity index (χ1) is 12.7. The third kappa shape index (κ3) is 3.29. The fraction of sp³-hybridized carbons (Fsp3) is 0.333. The first kappa shape index (κ1) is 16.6. The van der Waals surface area contributed by atoms with Crippen molar-refractivity contribution in [1.82, 2.24) is 10.2 Å². The normalized spacial score (nSPS) is 22.2. The maximum absolute atomic E-state index is 12.5. The number of carbonyl (C=O) groups excluding carboxylic acids is 2. The van der Waals surface area contributed by atoms with Crippen LogP contribution in [0.3, 0.4) is 0 Å². The van der Waals surface area contributed by atoms with Crippen LogP contribution in [0.2, 0.25) is 0 Å². The second kappa shape index (κ2) is 6.83. The molecule has 2 fully saturated rings. The van der Waals surface area contributed by atoms with E-state index in [4.69, 9.17) is 0 Å².